The molecular weight excluding hydrogens is 150 g/mol. The predicted octanol–water partition coefficient (Wildman–Crippen LogP) is -0.0313. The van der Waals surface area contributed by atoms with Crippen LogP contribution in [-0.2, 0) is 9.92 Å². The molecule has 0 aromatic heterocycles. The summed E-state index contributed by atoms with van der Waals surface area (Å²) in [6.07, 6.45) is 3.80. The quantitative estimate of drug-likeness (QED) is 0.436. The first kappa shape index (κ1) is 7.97. The van der Waals surface area contributed by atoms with Crippen LogP contribution < -0.4 is 5.84 Å². The Labute approximate surface area is 61.7 Å². The zero-order chi connectivity index (χ0) is 7.61. The second-order valence-electron chi connectivity index (χ2n) is 2.50. The summed E-state index contributed by atoms with van der Waals surface area (Å²) in [6, 6.07) is 0. The minimum atomic E-state index is -2.21. The Morgan fingerprint density at radius 1 is 1.50 bits per heavy atom. The lowest BCUT2D eigenvalue weighted by molar-refractivity contribution is 0.530. The molecule has 0 aliphatic carbocycles. The highest BCUT2D eigenvalue weighted by molar-refractivity contribution is 7.90. The number of nitrogens with two attached hydrogens (primary N) is 1. The lowest BCUT2D eigenvalue weighted by Gasteiger charge is -2.14. The largest absolute Gasteiger partial charge is 0.233 e. The van der Waals surface area contributed by atoms with Gasteiger partial charge in [0.1, 0.15) is 9.92 Å². The van der Waals surface area contributed by atoms with E-state index in [0.717, 1.165) is 25.9 Å². The van der Waals surface area contributed by atoms with Crippen molar-refractivity contribution in [3.8, 4) is 0 Å². The second kappa shape index (κ2) is 2.86. The number of nitrogens with zero attached hydrogens (tertiary/aromatic N) is 2. The molecule has 1 heterocycles. The van der Waals surface area contributed by atoms with Crippen molar-refractivity contribution in [3.63, 3.8) is 0 Å². The summed E-state index contributed by atoms with van der Waals surface area (Å²) in [5, 5.41) is 0. The van der Waals surface area contributed by atoms with Crippen molar-refractivity contribution in [3.05, 3.63) is 0 Å². The Kier molecular flexibility index (Phi) is 2.28. The van der Waals surface area contributed by atoms with Crippen LogP contribution in [0.3, 0.4) is 0 Å². The smallest absolute Gasteiger partial charge is 0.122 e. The molecule has 60 valence electrons. The van der Waals surface area contributed by atoms with E-state index in [1.54, 1.807) is 6.26 Å². The molecule has 1 aliphatic heterocycles. The van der Waals surface area contributed by atoms with Gasteiger partial charge < -0.3 is 0 Å². The molecule has 0 spiro atoms. The highest BCUT2D eigenvalue weighted by atomic mass is 32.2. The van der Waals surface area contributed by atoms with E-state index >= 15 is 0 Å². The molecule has 0 aromatic carbocycles. The predicted molar refractivity (Wildman–Crippen MR) is 41.5 cm³/mol. The SMILES string of the molecule is CS(=O)(=NN)N1CCCC1. The molecule has 1 rings (SSSR count). The van der Waals surface area contributed by atoms with Gasteiger partial charge in [0.15, 0.2) is 0 Å². The third kappa shape index (κ3) is 1.47. The topological polar surface area (TPSA) is 58.7 Å². The maximum Gasteiger partial charge on any atom is 0.122 e. The third-order valence-corrected chi connectivity index (χ3v) is 3.45. The van der Waals surface area contributed by atoms with Crippen molar-refractivity contribution in [1.82, 2.24) is 4.31 Å². The molecule has 1 aliphatic rings. The normalized spacial score (nSPS) is 26.2. The summed E-state index contributed by atoms with van der Waals surface area (Å²) in [7, 11) is -2.21. The van der Waals surface area contributed by atoms with Crippen molar-refractivity contribution >= 4 is 9.92 Å². The highest BCUT2D eigenvalue weighted by Gasteiger charge is 2.18. The lowest BCUT2D eigenvalue weighted by atomic mass is 10.4. The van der Waals surface area contributed by atoms with Gasteiger partial charge in [0.05, 0.1) is 0 Å². The summed E-state index contributed by atoms with van der Waals surface area (Å²) in [5.41, 5.74) is 0. The average molecular weight is 163 g/mol. The van der Waals surface area contributed by atoms with Gasteiger partial charge in [-0.2, -0.15) is 0 Å². The zero-order valence-corrected chi connectivity index (χ0v) is 6.93. The molecule has 5 heteroatoms. The summed E-state index contributed by atoms with van der Waals surface area (Å²) in [6.45, 7) is 1.74. The average Bonchev–Trinajstić information content (AvgIpc) is 2.38. The first-order chi connectivity index (χ1) is 4.67. The summed E-state index contributed by atoms with van der Waals surface area (Å²) < 4.78 is 16.6. The number of hydrogen-bond donors (Lipinski definition) is 1. The van der Waals surface area contributed by atoms with Crippen molar-refractivity contribution in [2.75, 3.05) is 19.3 Å². The molecule has 1 fully saturated rings. The highest BCUT2D eigenvalue weighted by Crippen LogP contribution is 2.11. The van der Waals surface area contributed by atoms with E-state index < -0.39 is 9.92 Å². The molecule has 0 bridgehead atoms. The van der Waals surface area contributed by atoms with Crippen LogP contribution in [0.15, 0.2) is 4.47 Å². The Bertz CT molecular complexity index is 213. The van der Waals surface area contributed by atoms with E-state index in [9.17, 15) is 4.21 Å². The van der Waals surface area contributed by atoms with Gasteiger partial charge in [0.2, 0.25) is 0 Å². The zero-order valence-electron chi connectivity index (χ0n) is 6.12. The van der Waals surface area contributed by atoms with Crippen molar-refractivity contribution in [2.45, 2.75) is 12.8 Å². The molecule has 1 unspecified atom stereocenters. The third-order valence-electron chi connectivity index (χ3n) is 1.74. The van der Waals surface area contributed by atoms with Gasteiger partial charge in [0.25, 0.3) is 0 Å². The first-order valence-electron chi connectivity index (χ1n) is 3.33. The molecule has 1 saturated heterocycles. The summed E-state index contributed by atoms with van der Waals surface area (Å²) in [5.74, 6) is 4.99. The Balaban J connectivity index is 2.73. The van der Waals surface area contributed by atoms with Crippen LogP contribution in [0.2, 0.25) is 0 Å². The van der Waals surface area contributed by atoms with Gasteiger partial charge in [-0.05, 0) is 12.8 Å². The molecule has 0 saturated carbocycles. The van der Waals surface area contributed by atoms with Crippen LogP contribution in [0, 0.1) is 0 Å². The van der Waals surface area contributed by atoms with Crippen molar-refractivity contribution < 1.29 is 4.21 Å². The fourth-order valence-corrected chi connectivity index (χ4v) is 2.16. The van der Waals surface area contributed by atoms with Crippen molar-refractivity contribution in [2.24, 2.45) is 10.3 Å². The van der Waals surface area contributed by atoms with Crippen LogP contribution in [0.5, 0.6) is 0 Å². The van der Waals surface area contributed by atoms with E-state index in [2.05, 4.69) is 4.47 Å². The minimum Gasteiger partial charge on any atom is -0.233 e. The van der Waals surface area contributed by atoms with E-state index in [-0.39, 0.29) is 0 Å². The summed E-state index contributed by atoms with van der Waals surface area (Å²) >= 11 is 0. The summed E-state index contributed by atoms with van der Waals surface area (Å²) in [4.78, 5) is 0. The molecule has 10 heavy (non-hydrogen) atoms. The van der Waals surface area contributed by atoms with Gasteiger partial charge in [-0.1, -0.05) is 0 Å². The van der Waals surface area contributed by atoms with Crippen LogP contribution in [0.25, 0.3) is 0 Å². The van der Waals surface area contributed by atoms with Crippen molar-refractivity contribution in [1.29, 1.82) is 0 Å². The molecular formula is C5H13N3OS. The number of hydrogen-bond acceptors (Lipinski definition) is 2. The first-order valence-corrected chi connectivity index (χ1v) is 5.21. The van der Waals surface area contributed by atoms with Gasteiger partial charge >= 0.3 is 0 Å². The maximum atomic E-state index is 11.4. The monoisotopic (exact) mass is 163 g/mol. The lowest BCUT2D eigenvalue weighted by Crippen LogP contribution is -2.27. The van der Waals surface area contributed by atoms with Crippen LogP contribution in [-0.4, -0.2) is 27.9 Å². The molecule has 2 N–H and O–H groups in total. The molecule has 1 atom stereocenters. The van der Waals surface area contributed by atoms with Gasteiger partial charge in [0, 0.05) is 19.3 Å². The van der Waals surface area contributed by atoms with Gasteiger partial charge in [-0.3, -0.25) is 0 Å². The molecule has 0 radical (unpaired) electrons. The van der Waals surface area contributed by atoms with Crippen LogP contribution >= 0.6 is 0 Å². The van der Waals surface area contributed by atoms with Crippen LogP contribution in [0.4, 0.5) is 0 Å². The standard InChI is InChI=1S/C5H13N3OS/c1-10(9,7-6)8-4-2-3-5-8/h2-6H2,1H3. The van der Waals surface area contributed by atoms with E-state index in [1.165, 1.54) is 0 Å². The van der Waals surface area contributed by atoms with E-state index in [4.69, 9.17) is 5.84 Å². The van der Waals surface area contributed by atoms with Gasteiger partial charge in [-0.25, -0.2) is 14.4 Å². The Morgan fingerprint density at radius 3 is 2.40 bits per heavy atom. The van der Waals surface area contributed by atoms with E-state index in [1.807, 2.05) is 4.31 Å². The van der Waals surface area contributed by atoms with Crippen LogP contribution in [0.1, 0.15) is 12.8 Å². The Hall–Kier alpha value is -0.130. The van der Waals surface area contributed by atoms with E-state index in [0.29, 0.717) is 0 Å². The number of rotatable bonds is 1. The minimum absolute atomic E-state index is 0.871. The molecule has 0 amide bonds. The fourth-order valence-electron chi connectivity index (χ4n) is 1.09. The maximum absolute atomic E-state index is 11.4. The molecule has 4 nitrogen and oxygen atoms in total. The van der Waals surface area contributed by atoms with Gasteiger partial charge in [-0.15, -0.1) is 4.47 Å². The molecule has 0 aromatic rings. The Morgan fingerprint density at radius 2 is 2.00 bits per heavy atom. The second-order valence-corrected chi connectivity index (χ2v) is 4.76. The fraction of sp³-hybridized carbons (Fsp3) is 1.00.